The number of rotatable bonds is 4. The second-order valence-corrected chi connectivity index (χ2v) is 4.27. The fraction of sp³-hybridized carbons (Fsp3) is 0.909. The molecule has 3 heteroatoms. The van der Waals surface area contributed by atoms with Crippen LogP contribution in [0.5, 0.6) is 0 Å². The van der Waals surface area contributed by atoms with Gasteiger partial charge < -0.3 is 4.74 Å². The van der Waals surface area contributed by atoms with Crippen molar-refractivity contribution >= 4 is 6.08 Å². The van der Waals surface area contributed by atoms with Crippen LogP contribution in [0.3, 0.4) is 0 Å². The highest BCUT2D eigenvalue weighted by molar-refractivity contribution is 5.34. The number of hydrogen-bond acceptors (Lipinski definition) is 3. The highest BCUT2D eigenvalue weighted by Gasteiger charge is 2.30. The summed E-state index contributed by atoms with van der Waals surface area (Å²) in [5.41, 5.74) is -0.173. The molecule has 0 amide bonds. The van der Waals surface area contributed by atoms with Gasteiger partial charge in [-0.05, 0) is 39.0 Å². The predicted molar refractivity (Wildman–Crippen MR) is 55.0 cm³/mol. The van der Waals surface area contributed by atoms with Crippen molar-refractivity contribution in [3.05, 3.63) is 0 Å². The van der Waals surface area contributed by atoms with Gasteiger partial charge in [-0.3, -0.25) is 0 Å². The molecule has 0 radical (unpaired) electrons. The van der Waals surface area contributed by atoms with Crippen LogP contribution in [0, 0.1) is 0 Å². The Kier molecular flexibility index (Phi) is 4.30. The van der Waals surface area contributed by atoms with Gasteiger partial charge in [-0.1, -0.05) is 6.92 Å². The summed E-state index contributed by atoms with van der Waals surface area (Å²) in [4.78, 5) is 14.1. The second kappa shape index (κ2) is 5.28. The Bertz CT molecular complexity index is 213. The zero-order valence-electron chi connectivity index (χ0n) is 9.08. The Morgan fingerprint density at radius 3 is 2.64 bits per heavy atom. The largest absolute Gasteiger partial charge is 0.378 e. The van der Waals surface area contributed by atoms with E-state index >= 15 is 0 Å². The quantitative estimate of drug-likeness (QED) is 0.513. The van der Waals surface area contributed by atoms with Gasteiger partial charge in [0.25, 0.3) is 0 Å². The minimum Gasteiger partial charge on any atom is -0.378 e. The van der Waals surface area contributed by atoms with E-state index in [-0.39, 0.29) is 5.54 Å². The van der Waals surface area contributed by atoms with E-state index in [9.17, 15) is 4.79 Å². The molecule has 0 aromatic heterocycles. The van der Waals surface area contributed by atoms with Crippen LogP contribution in [0.25, 0.3) is 0 Å². The van der Waals surface area contributed by atoms with Gasteiger partial charge in [-0.25, -0.2) is 4.79 Å². The molecule has 0 heterocycles. The van der Waals surface area contributed by atoms with E-state index in [0.717, 1.165) is 38.7 Å². The summed E-state index contributed by atoms with van der Waals surface area (Å²) in [6.07, 6.45) is 7.03. The first kappa shape index (κ1) is 11.4. The first-order chi connectivity index (χ1) is 6.70. The maximum Gasteiger partial charge on any atom is 0.235 e. The van der Waals surface area contributed by atoms with Gasteiger partial charge >= 0.3 is 0 Å². The van der Waals surface area contributed by atoms with E-state index in [4.69, 9.17) is 4.74 Å². The van der Waals surface area contributed by atoms with E-state index in [2.05, 4.69) is 11.9 Å². The normalized spacial score (nSPS) is 32.3. The van der Waals surface area contributed by atoms with Crippen LogP contribution in [0.2, 0.25) is 0 Å². The van der Waals surface area contributed by atoms with Crippen molar-refractivity contribution in [2.45, 2.75) is 57.6 Å². The van der Waals surface area contributed by atoms with E-state index < -0.39 is 0 Å². The Hall–Kier alpha value is -0.660. The van der Waals surface area contributed by atoms with Crippen LogP contribution in [0.15, 0.2) is 4.99 Å². The van der Waals surface area contributed by atoms with Crippen molar-refractivity contribution < 1.29 is 9.53 Å². The minimum absolute atomic E-state index is 0.173. The predicted octanol–water partition coefficient (Wildman–Crippen LogP) is 2.45. The molecule has 0 aliphatic heterocycles. The highest BCUT2D eigenvalue weighted by Crippen LogP contribution is 2.32. The molecule has 80 valence electrons. The van der Waals surface area contributed by atoms with Crippen molar-refractivity contribution in [3.63, 3.8) is 0 Å². The third kappa shape index (κ3) is 3.24. The van der Waals surface area contributed by atoms with Gasteiger partial charge in [0.15, 0.2) is 0 Å². The first-order valence-electron chi connectivity index (χ1n) is 5.41. The molecule has 1 rings (SSSR count). The Morgan fingerprint density at radius 1 is 1.50 bits per heavy atom. The molecule has 14 heavy (non-hydrogen) atoms. The fourth-order valence-corrected chi connectivity index (χ4v) is 1.89. The summed E-state index contributed by atoms with van der Waals surface area (Å²) in [6, 6.07) is 0. The van der Waals surface area contributed by atoms with Crippen LogP contribution in [-0.2, 0) is 9.53 Å². The number of ether oxygens (including phenoxy) is 1. The molecule has 0 aromatic carbocycles. The number of carbonyl (C=O) groups excluding carboxylic acids is 1. The average Bonchev–Trinajstić information content (AvgIpc) is 2.17. The fourth-order valence-electron chi connectivity index (χ4n) is 1.89. The minimum atomic E-state index is -0.173. The lowest BCUT2D eigenvalue weighted by Gasteiger charge is -2.32. The lowest BCUT2D eigenvalue weighted by atomic mass is 9.82. The van der Waals surface area contributed by atoms with Gasteiger partial charge in [-0.15, -0.1) is 0 Å². The zero-order valence-corrected chi connectivity index (χ0v) is 9.08. The zero-order chi connectivity index (χ0) is 10.4. The molecule has 0 unspecified atom stereocenters. The molecule has 0 bridgehead atoms. The maximum atomic E-state index is 10.2. The third-order valence-electron chi connectivity index (χ3n) is 2.88. The number of aliphatic imine (C=N–C) groups is 1. The monoisotopic (exact) mass is 197 g/mol. The van der Waals surface area contributed by atoms with Gasteiger partial charge in [0, 0.05) is 6.61 Å². The van der Waals surface area contributed by atoms with Crippen molar-refractivity contribution in [2.75, 3.05) is 6.61 Å². The van der Waals surface area contributed by atoms with Crippen LogP contribution in [0.4, 0.5) is 0 Å². The molecule has 1 aliphatic carbocycles. The second-order valence-electron chi connectivity index (χ2n) is 4.27. The first-order valence-corrected chi connectivity index (χ1v) is 5.41. The standard InChI is InChI=1S/C11H19NO2/c1-3-8-14-10-4-6-11(2,7-5-10)12-9-13/h10H,3-8H2,1-2H3/t10-,11+. The summed E-state index contributed by atoms with van der Waals surface area (Å²) >= 11 is 0. The Balaban J connectivity index is 2.33. The number of nitrogens with zero attached hydrogens (tertiary/aromatic N) is 1. The molecule has 1 saturated carbocycles. The van der Waals surface area contributed by atoms with Crippen LogP contribution < -0.4 is 0 Å². The molecular weight excluding hydrogens is 178 g/mol. The summed E-state index contributed by atoms with van der Waals surface area (Å²) < 4.78 is 5.66. The number of hydrogen-bond donors (Lipinski definition) is 0. The van der Waals surface area contributed by atoms with E-state index in [1.54, 1.807) is 6.08 Å². The summed E-state index contributed by atoms with van der Waals surface area (Å²) in [7, 11) is 0. The van der Waals surface area contributed by atoms with Gasteiger partial charge in [0.1, 0.15) is 0 Å². The van der Waals surface area contributed by atoms with Crippen molar-refractivity contribution in [2.24, 2.45) is 4.99 Å². The van der Waals surface area contributed by atoms with Gasteiger partial charge in [-0.2, -0.15) is 4.99 Å². The molecule has 0 saturated heterocycles. The Morgan fingerprint density at radius 2 is 2.14 bits per heavy atom. The summed E-state index contributed by atoms with van der Waals surface area (Å²) in [6.45, 7) is 4.98. The van der Waals surface area contributed by atoms with Crippen molar-refractivity contribution in [3.8, 4) is 0 Å². The molecule has 1 aliphatic rings. The van der Waals surface area contributed by atoms with E-state index in [0.29, 0.717) is 6.10 Å². The molecular formula is C11H19NO2. The maximum absolute atomic E-state index is 10.2. The van der Waals surface area contributed by atoms with Crippen molar-refractivity contribution in [1.29, 1.82) is 0 Å². The van der Waals surface area contributed by atoms with Crippen LogP contribution >= 0.6 is 0 Å². The smallest absolute Gasteiger partial charge is 0.235 e. The van der Waals surface area contributed by atoms with E-state index in [1.165, 1.54) is 0 Å². The lowest BCUT2D eigenvalue weighted by Crippen LogP contribution is -2.32. The SMILES string of the molecule is CCCO[C@H]1CC[C@@](C)(N=C=O)CC1. The Labute approximate surface area is 85.6 Å². The van der Waals surface area contributed by atoms with Crippen LogP contribution in [0.1, 0.15) is 46.0 Å². The van der Waals surface area contributed by atoms with Gasteiger partial charge in [0.05, 0.1) is 11.6 Å². The molecule has 1 fully saturated rings. The molecule has 0 N–H and O–H groups in total. The summed E-state index contributed by atoms with van der Waals surface area (Å²) in [5.74, 6) is 0. The van der Waals surface area contributed by atoms with Gasteiger partial charge in [0.2, 0.25) is 6.08 Å². The lowest BCUT2D eigenvalue weighted by molar-refractivity contribution is 0.0162. The topological polar surface area (TPSA) is 38.7 Å². The number of isocyanates is 1. The molecule has 0 aromatic rings. The highest BCUT2D eigenvalue weighted by atomic mass is 16.5. The molecule has 0 atom stereocenters. The third-order valence-corrected chi connectivity index (χ3v) is 2.88. The van der Waals surface area contributed by atoms with Crippen LogP contribution in [-0.4, -0.2) is 24.3 Å². The average molecular weight is 197 g/mol. The van der Waals surface area contributed by atoms with E-state index in [1.807, 2.05) is 6.92 Å². The molecule has 0 spiro atoms. The summed E-state index contributed by atoms with van der Waals surface area (Å²) in [5, 5.41) is 0. The molecule has 3 nitrogen and oxygen atoms in total. The van der Waals surface area contributed by atoms with Crippen molar-refractivity contribution in [1.82, 2.24) is 0 Å².